The summed E-state index contributed by atoms with van der Waals surface area (Å²) in [6, 6.07) is 15.2. The molecule has 2 heterocycles. The minimum atomic E-state index is -2.30. The first kappa shape index (κ1) is 42.8. The standard InChI is InChI=1S/C41H61N5O7Si/c1-27(2)20-33(37(48)41(5)26-53-41)43-40(51)35(22-30-16-12-9-13-17-30)45-39(50)34(21-28(3)4)44-38(49)32(19-18-29-14-10-8-11-15-29)42-36(47)25-46-23-31(24-46)54(6,7)52/h8-17,27-28,31-35,52H,18-26H2,1-7H3,(H,42,47)(H,43,51)(H,44,49)(H,45,50)/t32-,33?,34?,35-,41+/m0/s1. The Kier molecular flexibility index (Phi) is 15.1. The van der Waals surface area contributed by atoms with E-state index >= 15 is 0 Å². The van der Waals surface area contributed by atoms with Gasteiger partial charge >= 0.3 is 0 Å². The van der Waals surface area contributed by atoms with E-state index in [-0.39, 0.29) is 48.5 Å². The highest BCUT2D eigenvalue weighted by Crippen LogP contribution is 2.30. The van der Waals surface area contributed by atoms with E-state index in [0.717, 1.165) is 11.1 Å². The minimum Gasteiger partial charge on any atom is -0.432 e. The van der Waals surface area contributed by atoms with Gasteiger partial charge in [-0.3, -0.25) is 28.9 Å². The van der Waals surface area contributed by atoms with Gasteiger partial charge in [0.05, 0.1) is 19.2 Å². The minimum absolute atomic E-state index is 0.00540. The summed E-state index contributed by atoms with van der Waals surface area (Å²) < 4.78 is 5.41. The van der Waals surface area contributed by atoms with E-state index in [1.165, 1.54) is 0 Å². The summed E-state index contributed by atoms with van der Waals surface area (Å²) in [6.07, 6.45) is 1.70. The fourth-order valence-electron chi connectivity index (χ4n) is 6.71. The van der Waals surface area contributed by atoms with Gasteiger partial charge in [-0.2, -0.15) is 0 Å². The summed E-state index contributed by atoms with van der Waals surface area (Å²) in [5.74, 6) is -1.91. The van der Waals surface area contributed by atoms with Crippen LogP contribution in [0.15, 0.2) is 60.7 Å². The molecule has 2 aromatic rings. The first-order chi connectivity index (χ1) is 25.4. The fourth-order valence-corrected chi connectivity index (χ4v) is 8.12. The van der Waals surface area contributed by atoms with Crippen molar-refractivity contribution in [2.75, 3.05) is 26.2 Å². The largest absolute Gasteiger partial charge is 0.432 e. The maximum Gasteiger partial charge on any atom is 0.243 e. The Morgan fingerprint density at radius 3 is 1.78 bits per heavy atom. The SMILES string of the molecule is CC(C)CC(NC(=O)[C@H](CCc1ccccc1)NC(=O)CN1CC([Si](C)(C)O)C1)C(=O)N[C@@H](Cc1ccccc1)C(=O)NC(CC(C)C)C(=O)[C@@]1(C)CO1. The second-order valence-electron chi connectivity index (χ2n) is 16.7. The molecule has 0 aliphatic carbocycles. The highest BCUT2D eigenvalue weighted by Gasteiger charge is 2.50. The third kappa shape index (κ3) is 13.1. The molecule has 5 N–H and O–H groups in total. The monoisotopic (exact) mass is 763 g/mol. The van der Waals surface area contributed by atoms with E-state index < -0.39 is 55.8 Å². The second-order valence-corrected chi connectivity index (χ2v) is 20.8. The maximum atomic E-state index is 14.1. The third-order valence-corrected chi connectivity index (χ3v) is 12.6. The average Bonchev–Trinajstić information content (AvgIpc) is 3.84. The van der Waals surface area contributed by atoms with E-state index in [4.69, 9.17) is 4.74 Å². The summed E-state index contributed by atoms with van der Waals surface area (Å²) in [6.45, 7) is 15.0. The number of rotatable bonds is 21. The Balaban J connectivity index is 1.50. The van der Waals surface area contributed by atoms with E-state index in [2.05, 4.69) is 21.3 Å². The summed E-state index contributed by atoms with van der Waals surface area (Å²) in [7, 11) is -2.30. The number of carbonyl (C=O) groups excluding carboxylic acids is 5. The van der Waals surface area contributed by atoms with E-state index in [0.29, 0.717) is 39.0 Å². The molecule has 0 spiro atoms. The summed E-state index contributed by atoms with van der Waals surface area (Å²) in [4.78, 5) is 81.1. The number of epoxide rings is 1. The van der Waals surface area contributed by atoms with Gasteiger partial charge in [-0.1, -0.05) is 88.4 Å². The number of likely N-dealkylation sites (tertiary alicyclic amines) is 1. The second kappa shape index (κ2) is 19.1. The number of Topliss-reactive ketones (excluding diaryl/α,β-unsaturated/α-hetero) is 1. The van der Waals surface area contributed by atoms with Crippen molar-refractivity contribution >= 4 is 37.7 Å². The van der Waals surface area contributed by atoms with Crippen molar-refractivity contribution in [3.63, 3.8) is 0 Å². The predicted octanol–water partition coefficient (Wildman–Crippen LogP) is 3.13. The lowest BCUT2D eigenvalue weighted by atomic mass is 9.93. The Morgan fingerprint density at radius 1 is 0.759 bits per heavy atom. The van der Waals surface area contributed by atoms with Crippen LogP contribution in [0.5, 0.6) is 0 Å². The lowest BCUT2D eigenvalue weighted by Gasteiger charge is -2.43. The van der Waals surface area contributed by atoms with Crippen molar-refractivity contribution in [3.8, 4) is 0 Å². The lowest BCUT2D eigenvalue weighted by Crippen LogP contribution is -2.60. The number of carbonyl (C=O) groups is 5. The summed E-state index contributed by atoms with van der Waals surface area (Å²) >= 11 is 0. The Labute approximate surface area is 321 Å². The number of nitrogens with one attached hydrogen (secondary N) is 4. The van der Waals surface area contributed by atoms with Gasteiger partial charge in [0.25, 0.3) is 0 Å². The van der Waals surface area contributed by atoms with Gasteiger partial charge in [0.2, 0.25) is 23.6 Å². The molecule has 296 valence electrons. The molecule has 2 aromatic carbocycles. The van der Waals surface area contributed by atoms with Gasteiger partial charge in [-0.05, 0) is 68.7 Å². The number of aryl methyl sites for hydroxylation is 1. The van der Waals surface area contributed by atoms with E-state index in [1.807, 2.05) is 106 Å². The van der Waals surface area contributed by atoms with E-state index in [9.17, 15) is 28.8 Å². The molecule has 0 radical (unpaired) electrons. The van der Waals surface area contributed by atoms with Crippen LogP contribution in [-0.4, -0.2) is 103 Å². The Bertz CT molecular complexity index is 1570. The van der Waals surface area contributed by atoms with Crippen molar-refractivity contribution in [2.45, 2.75) is 115 Å². The van der Waals surface area contributed by atoms with Crippen LogP contribution in [0.2, 0.25) is 18.6 Å². The number of ketones is 1. The highest BCUT2D eigenvalue weighted by atomic mass is 28.4. The summed E-state index contributed by atoms with van der Waals surface area (Å²) in [5.41, 5.74) is 1.09. The van der Waals surface area contributed by atoms with Crippen LogP contribution in [0.1, 0.15) is 65.0 Å². The molecular formula is C41H61N5O7Si. The molecule has 5 atom stereocenters. The molecule has 0 aromatic heterocycles. The van der Waals surface area contributed by atoms with Crippen LogP contribution in [-0.2, 0) is 41.6 Å². The molecule has 54 heavy (non-hydrogen) atoms. The van der Waals surface area contributed by atoms with Crippen molar-refractivity contribution in [2.24, 2.45) is 11.8 Å². The predicted molar refractivity (Wildman–Crippen MR) is 211 cm³/mol. The number of ether oxygens (including phenoxy) is 1. The molecule has 2 aliphatic heterocycles. The third-order valence-electron chi connectivity index (χ3n) is 10.2. The average molecular weight is 764 g/mol. The first-order valence-electron chi connectivity index (χ1n) is 19.3. The molecule has 4 amide bonds. The van der Waals surface area contributed by atoms with Gasteiger partial charge in [0.15, 0.2) is 14.1 Å². The number of benzene rings is 2. The van der Waals surface area contributed by atoms with Gasteiger partial charge in [0, 0.05) is 25.1 Å². The molecule has 2 fully saturated rings. The Morgan fingerprint density at radius 2 is 1.24 bits per heavy atom. The molecule has 2 aliphatic rings. The van der Waals surface area contributed by atoms with Gasteiger partial charge in [0.1, 0.15) is 23.7 Å². The van der Waals surface area contributed by atoms with E-state index in [1.54, 1.807) is 6.92 Å². The zero-order valence-corrected chi connectivity index (χ0v) is 34.0. The van der Waals surface area contributed by atoms with Crippen LogP contribution >= 0.6 is 0 Å². The zero-order valence-electron chi connectivity index (χ0n) is 33.0. The molecule has 13 heteroatoms. The first-order valence-corrected chi connectivity index (χ1v) is 22.4. The molecule has 2 unspecified atom stereocenters. The highest BCUT2D eigenvalue weighted by molar-refractivity contribution is 6.71. The number of nitrogens with zero attached hydrogens (tertiary/aromatic N) is 1. The smallest absolute Gasteiger partial charge is 0.243 e. The maximum absolute atomic E-state index is 14.1. The zero-order chi connectivity index (χ0) is 39.6. The molecule has 0 bridgehead atoms. The van der Waals surface area contributed by atoms with Crippen molar-refractivity contribution in [1.82, 2.24) is 26.2 Å². The van der Waals surface area contributed by atoms with Crippen molar-refractivity contribution in [1.29, 1.82) is 0 Å². The molecule has 2 saturated heterocycles. The number of amides is 4. The van der Waals surface area contributed by atoms with Gasteiger partial charge in [-0.15, -0.1) is 0 Å². The van der Waals surface area contributed by atoms with Gasteiger partial charge in [-0.25, -0.2) is 0 Å². The van der Waals surface area contributed by atoms with Crippen molar-refractivity contribution in [3.05, 3.63) is 71.8 Å². The van der Waals surface area contributed by atoms with Crippen LogP contribution in [0.4, 0.5) is 0 Å². The fraction of sp³-hybridized carbons (Fsp3) is 0.585. The molecule has 0 saturated carbocycles. The Hall–Kier alpha value is -3.91. The number of hydrogen-bond donors (Lipinski definition) is 5. The number of hydrogen-bond acceptors (Lipinski definition) is 8. The lowest BCUT2D eigenvalue weighted by molar-refractivity contribution is -0.135. The van der Waals surface area contributed by atoms with Crippen molar-refractivity contribution < 1.29 is 33.5 Å². The topological polar surface area (TPSA) is 169 Å². The van der Waals surface area contributed by atoms with Crippen LogP contribution in [0.25, 0.3) is 0 Å². The molecule has 12 nitrogen and oxygen atoms in total. The van der Waals surface area contributed by atoms with Gasteiger partial charge < -0.3 is 30.8 Å². The van der Waals surface area contributed by atoms with Crippen LogP contribution in [0, 0.1) is 11.8 Å². The quantitative estimate of drug-likeness (QED) is 0.0955. The molecule has 4 rings (SSSR count). The normalized spacial score (nSPS) is 19.6. The molecular weight excluding hydrogens is 703 g/mol. The van der Waals surface area contributed by atoms with Crippen LogP contribution in [0.3, 0.4) is 0 Å². The van der Waals surface area contributed by atoms with Crippen LogP contribution < -0.4 is 21.3 Å². The summed E-state index contributed by atoms with van der Waals surface area (Å²) in [5, 5.41) is 11.6.